The lowest BCUT2D eigenvalue weighted by molar-refractivity contribution is 0.122. The van der Waals surface area contributed by atoms with Crippen molar-refractivity contribution in [2.24, 2.45) is 0 Å². The molecule has 0 amide bonds. The summed E-state index contributed by atoms with van der Waals surface area (Å²) < 4.78 is 5.47. The van der Waals surface area contributed by atoms with Crippen LogP contribution in [0.4, 0.5) is 17.1 Å². The van der Waals surface area contributed by atoms with Gasteiger partial charge in [-0.05, 0) is 18.9 Å². The molecule has 0 bridgehead atoms. The van der Waals surface area contributed by atoms with Gasteiger partial charge in [0.2, 0.25) is 0 Å². The number of hydrogen-bond acceptors (Lipinski definition) is 6. The molecule has 3 aromatic rings. The van der Waals surface area contributed by atoms with Crippen molar-refractivity contribution in [2.45, 2.75) is 18.9 Å². The van der Waals surface area contributed by atoms with E-state index in [0.717, 1.165) is 57.9 Å². The zero-order chi connectivity index (χ0) is 19.5. The van der Waals surface area contributed by atoms with E-state index in [2.05, 4.69) is 55.4 Å². The van der Waals surface area contributed by atoms with Gasteiger partial charge < -0.3 is 19.9 Å². The topological polar surface area (TPSA) is 53.5 Å². The number of nitrogens with zero attached hydrogens (tertiary/aromatic N) is 4. The van der Waals surface area contributed by atoms with Crippen molar-refractivity contribution < 1.29 is 4.74 Å². The van der Waals surface area contributed by atoms with Gasteiger partial charge in [0, 0.05) is 49.2 Å². The molecule has 1 atom stereocenters. The fraction of sp³-hybridized carbons (Fsp3) is 0.391. The Kier molecular flexibility index (Phi) is 5.17. The summed E-state index contributed by atoms with van der Waals surface area (Å²) in [6.45, 7) is 5.47. The highest BCUT2D eigenvalue weighted by molar-refractivity contribution is 5.93. The lowest BCUT2D eigenvalue weighted by Crippen LogP contribution is -2.42. The first kappa shape index (κ1) is 18.2. The number of piperidine rings is 1. The second kappa shape index (κ2) is 8.25. The van der Waals surface area contributed by atoms with Gasteiger partial charge in [0.05, 0.1) is 48.9 Å². The Bertz CT molecular complexity index is 967. The number of ether oxygens (including phenoxy) is 1. The van der Waals surface area contributed by atoms with Crippen LogP contribution in [0.1, 0.15) is 12.8 Å². The molecular formula is C23H27N5O. The molecule has 2 aliphatic rings. The van der Waals surface area contributed by atoms with Crippen LogP contribution in [0.25, 0.3) is 10.8 Å². The van der Waals surface area contributed by atoms with Crippen LogP contribution in [0.5, 0.6) is 0 Å². The van der Waals surface area contributed by atoms with Crippen molar-refractivity contribution in [1.82, 2.24) is 9.97 Å². The number of anilines is 3. The first-order chi connectivity index (χ1) is 14.4. The molecule has 0 unspecified atom stereocenters. The molecule has 4 heterocycles. The molecule has 2 fully saturated rings. The number of benzene rings is 1. The number of pyridine rings is 2. The molecule has 2 saturated heterocycles. The summed E-state index contributed by atoms with van der Waals surface area (Å²) in [6.07, 6.45) is 10.2. The smallest absolute Gasteiger partial charge is 0.0642 e. The zero-order valence-electron chi connectivity index (χ0n) is 16.6. The largest absolute Gasteiger partial charge is 0.379 e. The van der Waals surface area contributed by atoms with Gasteiger partial charge in [-0.15, -0.1) is 0 Å². The van der Waals surface area contributed by atoms with E-state index >= 15 is 0 Å². The third-order valence-corrected chi connectivity index (χ3v) is 5.88. The van der Waals surface area contributed by atoms with Crippen molar-refractivity contribution >= 4 is 27.8 Å². The maximum Gasteiger partial charge on any atom is 0.0642 e. The van der Waals surface area contributed by atoms with Crippen LogP contribution >= 0.6 is 0 Å². The van der Waals surface area contributed by atoms with E-state index in [1.165, 1.54) is 22.1 Å². The number of nitrogens with one attached hydrogen (secondary N) is 1. The van der Waals surface area contributed by atoms with Crippen LogP contribution in [-0.2, 0) is 4.74 Å². The van der Waals surface area contributed by atoms with Crippen LogP contribution in [0.2, 0.25) is 0 Å². The lowest BCUT2D eigenvalue weighted by atomic mass is 10.0. The van der Waals surface area contributed by atoms with E-state index < -0.39 is 0 Å². The predicted molar refractivity (Wildman–Crippen MR) is 118 cm³/mol. The number of fused-ring (bicyclic) bond motifs is 1. The van der Waals surface area contributed by atoms with Crippen molar-refractivity contribution in [3.63, 3.8) is 0 Å². The van der Waals surface area contributed by atoms with Gasteiger partial charge in [-0.25, -0.2) is 0 Å². The van der Waals surface area contributed by atoms with Crippen LogP contribution in [0.3, 0.4) is 0 Å². The Morgan fingerprint density at radius 3 is 2.72 bits per heavy atom. The molecule has 6 heteroatoms. The molecule has 0 radical (unpaired) electrons. The second-order valence-electron chi connectivity index (χ2n) is 7.84. The van der Waals surface area contributed by atoms with Crippen molar-refractivity contribution in [2.75, 3.05) is 54.5 Å². The highest BCUT2D eigenvalue weighted by Crippen LogP contribution is 2.29. The maximum atomic E-state index is 5.47. The summed E-state index contributed by atoms with van der Waals surface area (Å²) in [7, 11) is 0. The van der Waals surface area contributed by atoms with E-state index in [0.29, 0.717) is 6.04 Å². The molecule has 0 saturated carbocycles. The summed E-state index contributed by atoms with van der Waals surface area (Å²) in [5, 5.41) is 6.20. The molecule has 0 spiro atoms. The predicted octanol–water partition coefficient (Wildman–Crippen LogP) is 3.55. The minimum absolute atomic E-state index is 0.393. The molecule has 29 heavy (non-hydrogen) atoms. The van der Waals surface area contributed by atoms with Gasteiger partial charge in [0.15, 0.2) is 0 Å². The van der Waals surface area contributed by atoms with Gasteiger partial charge in [0.1, 0.15) is 0 Å². The summed E-state index contributed by atoms with van der Waals surface area (Å²) in [6, 6.07) is 11.1. The average Bonchev–Trinajstić information content (AvgIpc) is 2.80. The first-order valence-corrected chi connectivity index (χ1v) is 10.5. The quantitative estimate of drug-likeness (QED) is 0.737. The van der Waals surface area contributed by atoms with Gasteiger partial charge >= 0.3 is 0 Å². The second-order valence-corrected chi connectivity index (χ2v) is 7.84. The van der Waals surface area contributed by atoms with Gasteiger partial charge in [-0.2, -0.15) is 0 Å². The van der Waals surface area contributed by atoms with E-state index in [-0.39, 0.29) is 0 Å². The van der Waals surface area contributed by atoms with E-state index in [4.69, 9.17) is 4.74 Å². The molecule has 1 N–H and O–H groups in total. The van der Waals surface area contributed by atoms with Crippen molar-refractivity contribution in [3.05, 3.63) is 55.1 Å². The van der Waals surface area contributed by atoms with Crippen LogP contribution in [0.15, 0.2) is 55.1 Å². The van der Waals surface area contributed by atoms with E-state index in [1.807, 2.05) is 24.8 Å². The van der Waals surface area contributed by atoms with Gasteiger partial charge in [-0.3, -0.25) is 9.97 Å². The summed E-state index contributed by atoms with van der Waals surface area (Å²) in [5.74, 6) is 0. The molecule has 1 aromatic carbocycles. The normalized spacial score (nSPS) is 20.1. The van der Waals surface area contributed by atoms with E-state index in [1.54, 1.807) is 0 Å². The molecule has 2 aliphatic heterocycles. The maximum absolute atomic E-state index is 5.47. The van der Waals surface area contributed by atoms with Gasteiger partial charge in [0.25, 0.3) is 0 Å². The number of rotatable bonds is 4. The molecule has 5 rings (SSSR count). The summed E-state index contributed by atoms with van der Waals surface area (Å²) in [4.78, 5) is 13.8. The standard InChI is InChI=1S/C23H27N5O/c1-2-6-22-18(4-1)13-24-16-23(22)28-7-3-5-19(17-28)26-20-12-21(15-25-14-20)27-8-10-29-11-9-27/h1-2,4,6,12-16,19,26H,3,5,7-11,17H2/t19-/m1/s1. The van der Waals surface area contributed by atoms with E-state index in [9.17, 15) is 0 Å². The zero-order valence-corrected chi connectivity index (χ0v) is 16.6. The van der Waals surface area contributed by atoms with Crippen molar-refractivity contribution in [1.29, 1.82) is 0 Å². The summed E-state index contributed by atoms with van der Waals surface area (Å²) in [5.41, 5.74) is 3.50. The average molecular weight is 390 g/mol. The fourth-order valence-corrected chi connectivity index (χ4v) is 4.40. The highest BCUT2D eigenvalue weighted by Gasteiger charge is 2.22. The molecule has 2 aromatic heterocycles. The Balaban J connectivity index is 1.31. The minimum atomic E-state index is 0.393. The molecule has 150 valence electrons. The molecule has 0 aliphatic carbocycles. The Morgan fingerprint density at radius 2 is 1.79 bits per heavy atom. The Labute approximate surface area is 171 Å². The molecule has 6 nitrogen and oxygen atoms in total. The third kappa shape index (κ3) is 3.98. The SMILES string of the molecule is c1ccc2c(N3CCC[C@@H](Nc4cncc(N5CCOCC5)c4)C3)cncc2c1. The minimum Gasteiger partial charge on any atom is -0.379 e. The van der Waals surface area contributed by atoms with Crippen LogP contribution in [-0.4, -0.2) is 55.4 Å². The highest BCUT2D eigenvalue weighted by atomic mass is 16.5. The number of morpholine rings is 1. The Hall–Kier alpha value is -2.86. The van der Waals surface area contributed by atoms with Gasteiger partial charge in [-0.1, -0.05) is 24.3 Å². The van der Waals surface area contributed by atoms with Crippen molar-refractivity contribution in [3.8, 4) is 0 Å². The number of hydrogen-bond donors (Lipinski definition) is 1. The van der Waals surface area contributed by atoms with Crippen LogP contribution < -0.4 is 15.1 Å². The first-order valence-electron chi connectivity index (χ1n) is 10.5. The molecular weight excluding hydrogens is 362 g/mol. The van der Waals surface area contributed by atoms with Crippen LogP contribution in [0, 0.1) is 0 Å². The summed E-state index contributed by atoms with van der Waals surface area (Å²) >= 11 is 0. The lowest BCUT2D eigenvalue weighted by Gasteiger charge is -2.36. The number of aromatic nitrogens is 2. The Morgan fingerprint density at radius 1 is 0.931 bits per heavy atom. The fourth-order valence-electron chi connectivity index (χ4n) is 4.40. The monoisotopic (exact) mass is 389 g/mol. The third-order valence-electron chi connectivity index (χ3n) is 5.88.